The fourth-order valence-electron chi connectivity index (χ4n) is 5.10. The van der Waals surface area contributed by atoms with Crippen molar-refractivity contribution in [1.82, 2.24) is 9.47 Å². The molecule has 1 aromatic heterocycles. The van der Waals surface area contributed by atoms with Gasteiger partial charge in [-0.1, -0.05) is 48.0 Å². The van der Waals surface area contributed by atoms with Gasteiger partial charge in [0.05, 0.1) is 29.3 Å². The number of fused-ring (bicyclic) bond motifs is 2. The quantitative estimate of drug-likeness (QED) is 0.346. The number of ether oxygens (including phenoxy) is 1. The predicted molar refractivity (Wildman–Crippen MR) is 136 cm³/mol. The molecule has 0 atom stereocenters. The molecule has 0 radical (unpaired) electrons. The van der Waals surface area contributed by atoms with Gasteiger partial charge >= 0.3 is 0 Å². The van der Waals surface area contributed by atoms with E-state index in [4.69, 9.17) is 16.3 Å². The van der Waals surface area contributed by atoms with Crippen LogP contribution in [0.1, 0.15) is 32.7 Å². The molecule has 4 nitrogen and oxygen atoms in total. The van der Waals surface area contributed by atoms with Crippen LogP contribution in [0, 0.1) is 20.8 Å². The third-order valence-electron chi connectivity index (χ3n) is 6.88. The van der Waals surface area contributed by atoms with Crippen LogP contribution < -0.4 is 0 Å². The van der Waals surface area contributed by atoms with E-state index in [1.807, 2.05) is 36.4 Å². The number of hydrogen-bond donors (Lipinski definition) is 0. The molecule has 0 amide bonds. The largest absolute Gasteiger partial charge is 0.379 e. The lowest BCUT2D eigenvalue weighted by atomic mass is 9.93. The molecule has 2 heterocycles. The second-order valence-corrected chi connectivity index (χ2v) is 9.42. The standard InChI is InChI=1S/C28H29ClN2O2/c1-18-16-24(29)27-25(17-18)31(11-10-30-12-14-33-15-13-30)20(3)26(27)28(32)23-9-8-19(2)21-6-4-5-7-22(21)23/h4-9,16-17H,10-15H2,1-3H3. The molecule has 3 aromatic carbocycles. The number of morpholine rings is 1. The van der Waals surface area contributed by atoms with Crippen LogP contribution in [-0.4, -0.2) is 48.1 Å². The fraction of sp³-hybridized carbons (Fsp3) is 0.321. The highest BCUT2D eigenvalue weighted by Crippen LogP contribution is 2.36. The van der Waals surface area contributed by atoms with Gasteiger partial charge in [0.15, 0.2) is 5.78 Å². The van der Waals surface area contributed by atoms with Crippen LogP contribution in [0.25, 0.3) is 21.7 Å². The molecule has 1 aliphatic heterocycles. The molecule has 0 bridgehead atoms. The average molecular weight is 461 g/mol. The van der Waals surface area contributed by atoms with Crippen LogP contribution in [0.15, 0.2) is 48.5 Å². The minimum absolute atomic E-state index is 0.0320. The molecule has 170 valence electrons. The summed E-state index contributed by atoms with van der Waals surface area (Å²) in [6.45, 7) is 11.4. The summed E-state index contributed by atoms with van der Waals surface area (Å²) in [5.74, 6) is 0.0320. The number of nitrogens with zero attached hydrogens (tertiary/aromatic N) is 2. The van der Waals surface area contributed by atoms with Gasteiger partial charge in [0.25, 0.3) is 0 Å². The van der Waals surface area contributed by atoms with Crippen molar-refractivity contribution in [3.8, 4) is 0 Å². The topological polar surface area (TPSA) is 34.5 Å². The van der Waals surface area contributed by atoms with E-state index in [2.05, 4.69) is 42.4 Å². The smallest absolute Gasteiger partial charge is 0.196 e. The number of aromatic nitrogens is 1. The van der Waals surface area contributed by atoms with E-state index in [0.717, 1.165) is 77.9 Å². The van der Waals surface area contributed by atoms with Gasteiger partial charge in [-0.2, -0.15) is 0 Å². The van der Waals surface area contributed by atoms with Crippen LogP contribution in [0.2, 0.25) is 5.02 Å². The molecule has 33 heavy (non-hydrogen) atoms. The molecule has 0 saturated carbocycles. The first-order chi connectivity index (χ1) is 16.0. The van der Waals surface area contributed by atoms with Gasteiger partial charge in [-0.15, -0.1) is 0 Å². The summed E-state index contributed by atoms with van der Waals surface area (Å²) in [6, 6.07) is 16.2. The Bertz CT molecular complexity index is 1370. The Morgan fingerprint density at radius 2 is 1.70 bits per heavy atom. The monoisotopic (exact) mass is 460 g/mol. The summed E-state index contributed by atoms with van der Waals surface area (Å²) in [7, 11) is 0. The van der Waals surface area contributed by atoms with Crippen LogP contribution in [0.5, 0.6) is 0 Å². The summed E-state index contributed by atoms with van der Waals surface area (Å²) >= 11 is 6.78. The zero-order valence-corrected chi connectivity index (χ0v) is 20.2. The highest BCUT2D eigenvalue weighted by molar-refractivity contribution is 6.38. The fourth-order valence-corrected chi connectivity index (χ4v) is 5.46. The number of hydrogen-bond acceptors (Lipinski definition) is 3. The SMILES string of the molecule is Cc1cc(Cl)c2c(C(=O)c3ccc(C)c4ccccc34)c(C)n(CCN3CCOCC3)c2c1. The lowest BCUT2D eigenvalue weighted by molar-refractivity contribution is 0.0365. The van der Waals surface area contributed by atoms with Crippen molar-refractivity contribution < 1.29 is 9.53 Å². The van der Waals surface area contributed by atoms with E-state index in [0.29, 0.717) is 10.6 Å². The van der Waals surface area contributed by atoms with Crippen LogP contribution in [-0.2, 0) is 11.3 Å². The Kier molecular flexibility index (Phi) is 6.00. The predicted octanol–water partition coefficient (Wildman–Crippen LogP) is 5.94. The van der Waals surface area contributed by atoms with Gasteiger partial charge < -0.3 is 9.30 Å². The summed E-state index contributed by atoms with van der Waals surface area (Å²) in [5.41, 5.74) is 5.71. The number of aryl methyl sites for hydroxylation is 2. The molecule has 5 rings (SSSR count). The van der Waals surface area contributed by atoms with Crippen molar-refractivity contribution in [3.05, 3.63) is 81.5 Å². The molecule has 5 heteroatoms. The van der Waals surface area contributed by atoms with Gasteiger partial charge in [0.2, 0.25) is 0 Å². The molecule has 0 N–H and O–H groups in total. The lowest BCUT2D eigenvalue weighted by Crippen LogP contribution is -2.38. The maximum absolute atomic E-state index is 14.1. The molecule has 1 saturated heterocycles. The number of rotatable bonds is 5. The Balaban J connectivity index is 1.65. The zero-order chi connectivity index (χ0) is 23.1. The Hall–Kier alpha value is -2.66. The summed E-state index contributed by atoms with van der Waals surface area (Å²) in [6.07, 6.45) is 0. The third-order valence-corrected chi connectivity index (χ3v) is 7.18. The van der Waals surface area contributed by atoms with Crippen LogP contribution in [0.3, 0.4) is 0 Å². The van der Waals surface area contributed by atoms with E-state index in [9.17, 15) is 4.79 Å². The Morgan fingerprint density at radius 1 is 0.970 bits per heavy atom. The van der Waals surface area contributed by atoms with Crippen molar-refractivity contribution in [1.29, 1.82) is 0 Å². The summed E-state index contributed by atoms with van der Waals surface area (Å²) in [5, 5.41) is 3.59. The molecule has 0 unspecified atom stereocenters. The first-order valence-corrected chi connectivity index (χ1v) is 12.0. The number of carbonyl (C=O) groups excluding carboxylic acids is 1. The average Bonchev–Trinajstić information content (AvgIpc) is 3.09. The first kappa shape index (κ1) is 22.1. The highest BCUT2D eigenvalue weighted by atomic mass is 35.5. The molecule has 0 aliphatic carbocycles. The molecular weight excluding hydrogens is 432 g/mol. The molecular formula is C28H29ClN2O2. The number of benzene rings is 3. The number of carbonyl (C=O) groups is 1. The van der Waals surface area contributed by atoms with Gasteiger partial charge in [0.1, 0.15) is 0 Å². The molecule has 1 aliphatic rings. The lowest BCUT2D eigenvalue weighted by Gasteiger charge is -2.27. The summed E-state index contributed by atoms with van der Waals surface area (Å²) in [4.78, 5) is 16.5. The van der Waals surface area contributed by atoms with Gasteiger partial charge in [-0.3, -0.25) is 9.69 Å². The van der Waals surface area contributed by atoms with Crippen LogP contribution in [0.4, 0.5) is 0 Å². The Morgan fingerprint density at radius 3 is 2.45 bits per heavy atom. The van der Waals surface area contributed by atoms with Gasteiger partial charge in [0, 0.05) is 42.8 Å². The Labute approximate surface area is 199 Å². The molecule has 1 fully saturated rings. The van der Waals surface area contributed by atoms with Gasteiger partial charge in [-0.05, 0) is 54.8 Å². The van der Waals surface area contributed by atoms with E-state index >= 15 is 0 Å². The second kappa shape index (κ2) is 8.94. The van der Waals surface area contributed by atoms with E-state index in [1.165, 1.54) is 5.56 Å². The van der Waals surface area contributed by atoms with E-state index < -0.39 is 0 Å². The third kappa shape index (κ3) is 3.97. The maximum Gasteiger partial charge on any atom is 0.196 e. The number of ketones is 1. The van der Waals surface area contributed by atoms with Crippen molar-refractivity contribution >= 4 is 39.1 Å². The minimum Gasteiger partial charge on any atom is -0.379 e. The maximum atomic E-state index is 14.1. The molecule has 4 aromatic rings. The van der Waals surface area contributed by atoms with E-state index in [1.54, 1.807) is 0 Å². The minimum atomic E-state index is 0.0320. The zero-order valence-electron chi connectivity index (χ0n) is 19.5. The van der Waals surface area contributed by atoms with Crippen molar-refractivity contribution in [2.24, 2.45) is 0 Å². The number of halogens is 1. The normalized spacial score (nSPS) is 14.9. The second-order valence-electron chi connectivity index (χ2n) is 9.01. The highest BCUT2D eigenvalue weighted by Gasteiger charge is 2.25. The summed E-state index contributed by atoms with van der Waals surface area (Å²) < 4.78 is 7.77. The van der Waals surface area contributed by atoms with Crippen LogP contribution >= 0.6 is 11.6 Å². The molecule has 0 spiro atoms. The first-order valence-electron chi connectivity index (χ1n) is 11.6. The van der Waals surface area contributed by atoms with E-state index in [-0.39, 0.29) is 5.78 Å². The van der Waals surface area contributed by atoms with Crippen molar-refractivity contribution in [2.45, 2.75) is 27.3 Å². The van der Waals surface area contributed by atoms with Crippen molar-refractivity contribution in [3.63, 3.8) is 0 Å². The van der Waals surface area contributed by atoms with Gasteiger partial charge in [-0.25, -0.2) is 0 Å². The van der Waals surface area contributed by atoms with Crippen molar-refractivity contribution in [2.75, 3.05) is 32.8 Å².